The van der Waals surface area contributed by atoms with Gasteiger partial charge in [-0.25, -0.2) is 0 Å². The summed E-state index contributed by atoms with van der Waals surface area (Å²) in [5.74, 6) is 0.618. The third kappa shape index (κ3) is 5.60. The molecule has 0 radical (unpaired) electrons. The van der Waals surface area contributed by atoms with Gasteiger partial charge in [-0.3, -0.25) is 14.4 Å². The molecule has 1 aromatic heterocycles. The Morgan fingerprint density at radius 1 is 1.23 bits per heavy atom. The molecule has 0 atom stereocenters. The second-order valence-electron chi connectivity index (χ2n) is 8.79. The number of aryl methyl sites for hydroxylation is 2. The van der Waals surface area contributed by atoms with E-state index in [9.17, 15) is 4.79 Å². The van der Waals surface area contributed by atoms with Crippen LogP contribution >= 0.6 is 11.6 Å². The minimum Gasteiger partial charge on any atom is -0.489 e. The lowest BCUT2D eigenvalue weighted by molar-refractivity contribution is 0.0936. The lowest BCUT2D eigenvalue weighted by atomic mass is 10.1. The Hall–Kier alpha value is -2.05. The number of amides is 1. The topological polar surface area (TPSA) is 59.4 Å². The molecule has 168 valence electrons. The first-order valence-electron chi connectivity index (χ1n) is 11.5. The van der Waals surface area contributed by atoms with E-state index >= 15 is 0 Å². The number of aromatic nitrogens is 2. The highest BCUT2D eigenvalue weighted by atomic mass is 35.5. The third-order valence-corrected chi connectivity index (χ3v) is 6.77. The van der Waals surface area contributed by atoms with Gasteiger partial charge in [-0.05, 0) is 57.7 Å². The number of carbonyl (C=O) groups excluding carboxylic acids is 1. The average Bonchev–Trinajstić information content (AvgIpc) is 3.40. The van der Waals surface area contributed by atoms with E-state index < -0.39 is 0 Å². The summed E-state index contributed by atoms with van der Waals surface area (Å²) in [6, 6.07) is 5.67. The molecule has 1 N–H and O–H groups in total. The van der Waals surface area contributed by atoms with E-state index in [1.165, 1.54) is 18.4 Å². The van der Waals surface area contributed by atoms with Gasteiger partial charge in [0.2, 0.25) is 0 Å². The van der Waals surface area contributed by atoms with E-state index in [1.54, 1.807) is 6.07 Å². The Balaban J connectivity index is 1.28. The summed E-state index contributed by atoms with van der Waals surface area (Å²) in [6.07, 6.45) is 8.74. The normalized spacial score (nSPS) is 18.4. The van der Waals surface area contributed by atoms with Crippen molar-refractivity contribution in [1.82, 2.24) is 20.0 Å². The SMILES string of the molecule is CCn1cc(CN2CCC(Oc3ccc(C(=O)NC4CCCC4)cc3Cl)CC2)c(C)n1. The Bertz CT molecular complexity index is 899. The molecule has 1 aliphatic carbocycles. The molecule has 1 saturated carbocycles. The molecule has 1 saturated heterocycles. The molecule has 7 heteroatoms. The first-order chi connectivity index (χ1) is 15.0. The van der Waals surface area contributed by atoms with Gasteiger partial charge in [0.15, 0.2) is 0 Å². The van der Waals surface area contributed by atoms with E-state index in [4.69, 9.17) is 16.3 Å². The summed E-state index contributed by atoms with van der Waals surface area (Å²) in [5, 5.41) is 8.16. The fourth-order valence-electron chi connectivity index (χ4n) is 4.56. The number of benzene rings is 1. The average molecular weight is 445 g/mol. The van der Waals surface area contributed by atoms with Gasteiger partial charge >= 0.3 is 0 Å². The molecule has 31 heavy (non-hydrogen) atoms. The Morgan fingerprint density at radius 3 is 2.61 bits per heavy atom. The van der Waals surface area contributed by atoms with E-state index in [2.05, 4.69) is 35.4 Å². The highest BCUT2D eigenvalue weighted by molar-refractivity contribution is 6.32. The molecule has 6 nitrogen and oxygen atoms in total. The standard InChI is InChI=1S/C24H33ClN4O2/c1-3-29-16-19(17(2)27-29)15-28-12-10-21(11-13-28)31-23-9-8-18(14-22(23)25)24(30)26-20-6-4-5-7-20/h8-9,14,16,20-21H,3-7,10-13,15H2,1-2H3,(H,26,30). The Kier molecular flexibility index (Phi) is 7.18. The molecule has 4 rings (SSSR count). The zero-order valence-electron chi connectivity index (χ0n) is 18.6. The summed E-state index contributed by atoms with van der Waals surface area (Å²) in [6.45, 7) is 8.00. The molecule has 1 amide bonds. The predicted molar refractivity (Wildman–Crippen MR) is 123 cm³/mol. The molecule has 2 heterocycles. The van der Waals surface area contributed by atoms with Gasteiger partial charge < -0.3 is 10.1 Å². The van der Waals surface area contributed by atoms with Crippen LogP contribution in [0.15, 0.2) is 24.4 Å². The smallest absolute Gasteiger partial charge is 0.251 e. The Labute approximate surface area is 189 Å². The van der Waals surface area contributed by atoms with Gasteiger partial charge in [-0.1, -0.05) is 24.4 Å². The number of likely N-dealkylation sites (tertiary alicyclic amines) is 1. The molecule has 1 aliphatic heterocycles. The molecular weight excluding hydrogens is 412 g/mol. The van der Waals surface area contributed by atoms with Crippen LogP contribution in [0.2, 0.25) is 5.02 Å². The molecule has 2 fully saturated rings. The van der Waals surface area contributed by atoms with Gasteiger partial charge in [0.25, 0.3) is 5.91 Å². The van der Waals surface area contributed by atoms with Crippen LogP contribution in [0.4, 0.5) is 0 Å². The maximum absolute atomic E-state index is 12.5. The second-order valence-corrected chi connectivity index (χ2v) is 9.20. The minimum atomic E-state index is -0.0460. The molecule has 0 unspecified atom stereocenters. The van der Waals surface area contributed by atoms with Crippen molar-refractivity contribution in [2.45, 2.75) is 77.6 Å². The van der Waals surface area contributed by atoms with Crippen LogP contribution in [0, 0.1) is 6.92 Å². The molecule has 1 aromatic carbocycles. The van der Waals surface area contributed by atoms with Gasteiger partial charge in [-0.15, -0.1) is 0 Å². The second kappa shape index (κ2) is 10.0. The maximum Gasteiger partial charge on any atom is 0.251 e. The largest absolute Gasteiger partial charge is 0.489 e. The summed E-state index contributed by atoms with van der Waals surface area (Å²) in [5.41, 5.74) is 3.02. The maximum atomic E-state index is 12.5. The number of rotatable bonds is 7. The quantitative estimate of drug-likeness (QED) is 0.679. The lowest BCUT2D eigenvalue weighted by Crippen LogP contribution is -2.37. The predicted octanol–water partition coefficient (Wildman–Crippen LogP) is 4.58. The van der Waals surface area contributed by atoms with Crippen molar-refractivity contribution in [2.75, 3.05) is 13.1 Å². The van der Waals surface area contributed by atoms with Crippen molar-refractivity contribution in [1.29, 1.82) is 0 Å². The Morgan fingerprint density at radius 2 is 1.97 bits per heavy atom. The lowest BCUT2D eigenvalue weighted by Gasteiger charge is -2.32. The van der Waals surface area contributed by atoms with Crippen LogP contribution in [0.3, 0.4) is 0 Å². The van der Waals surface area contributed by atoms with Crippen LogP contribution in [0.25, 0.3) is 0 Å². The number of nitrogens with zero attached hydrogens (tertiary/aromatic N) is 3. The van der Waals surface area contributed by atoms with Crippen LogP contribution in [-0.4, -0.2) is 45.8 Å². The summed E-state index contributed by atoms with van der Waals surface area (Å²) in [4.78, 5) is 14.9. The van der Waals surface area contributed by atoms with Crippen LogP contribution in [0.1, 0.15) is 67.1 Å². The summed E-state index contributed by atoms with van der Waals surface area (Å²) >= 11 is 6.45. The van der Waals surface area contributed by atoms with Crippen molar-refractivity contribution < 1.29 is 9.53 Å². The summed E-state index contributed by atoms with van der Waals surface area (Å²) < 4.78 is 8.19. The first kappa shape index (κ1) is 22.2. The molecule has 0 spiro atoms. The fourth-order valence-corrected chi connectivity index (χ4v) is 4.78. The number of halogens is 1. The van der Waals surface area contributed by atoms with Crippen LogP contribution in [-0.2, 0) is 13.1 Å². The fraction of sp³-hybridized carbons (Fsp3) is 0.583. The van der Waals surface area contributed by atoms with Crippen molar-refractivity contribution in [2.24, 2.45) is 0 Å². The highest BCUT2D eigenvalue weighted by Gasteiger charge is 2.23. The zero-order valence-corrected chi connectivity index (χ0v) is 19.3. The van der Waals surface area contributed by atoms with Gasteiger partial charge in [0.05, 0.1) is 10.7 Å². The van der Waals surface area contributed by atoms with Gasteiger partial charge in [0.1, 0.15) is 11.9 Å². The third-order valence-electron chi connectivity index (χ3n) is 6.48. The monoisotopic (exact) mass is 444 g/mol. The molecule has 0 bridgehead atoms. The van der Waals surface area contributed by atoms with Crippen molar-refractivity contribution >= 4 is 17.5 Å². The van der Waals surface area contributed by atoms with E-state index in [0.717, 1.165) is 57.6 Å². The molecule has 2 aliphatic rings. The molecule has 2 aromatic rings. The number of piperidine rings is 1. The number of hydrogen-bond acceptors (Lipinski definition) is 4. The zero-order chi connectivity index (χ0) is 21.8. The number of carbonyl (C=O) groups is 1. The number of nitrogens with one attached hydrogen (secondary N) is 1. The van der Waals surface area contributed by atoms with Crippen LogP contribution in [0.5, 0.6) is 5.75 Å². The van der Waals surface area contributed by atoms with Crippen molar-refractivity contribution in [3.8, 4) is 5.75 Å². The number of hydrogen-bond donors (Lipinski definition) is 1. The van der Waals surface area contributed by atoms with Gasteiger partial charge in [-0.2, -0.15) is 5.10 Å². The molecular formula is C24H33ClN4O2. The first-order valence-corrected chi connectivity index (χ1v) is 11.9. The van der Waals surface area contributed by atoms with Crippen molar-refractivity contribution in [3.05, 3.63) is 46.2 Å². The van der Waals surface area contributed by atoms with Crippen LogP contribution < -0.4 is 10.1 Å². The van der Waals surface area contributed by atoms with E-state index in [-0.39, 0.29) is 12.0 Å². The van der Waals surface area contributed by atoms with Crippen molar-refractivity contribution in [3.63, 3.8) is 0 Å². The minimum absolute atomic E-state index is 0.0460. The van der Waals surface area contributed by atoms with E-state index in [1.807, 2.05) is 16.8 Å². The highest BCUT2D eigenvalue weighted by Crippen LogP contribution is 2.29. The summed E-state index contributed by atoms with van der Waals surface area (Å²) in [7, 11) is 0. The van der Waals surface area contributed by atoms with Gasteiger partial charge in [0, 0.05) is 49.5 Å². The number of ether oxygens (including phenoxy) is 1. The van der Waals surface area contributed by atoms with E-state index in [0.29, 0.717) is 22.4 Å².